The molecular weight excluding hydrogens is 320 g/mol. The van der Waals surface area contributed by atoms with Crippen molar-refractivity contribution >= 4 is 5.82 Å². The molecule has 1 N–H and O–H groups in total. The molecule has 3 heterocycles. The van der Waals surface area contributed by atoms with Gasteiger partial charge in [-0.3, -0.25) is 5.10 Å². The van der Waals surface area contributed by atoms with E-state index in [0.717, 1.165) is 41.6 Å². The topological polar surface area (TPSA) is 44.8 Å². The molecule has 1 saturated heterocycles. The molecule has 0 amide bonds. The molecule has 0 unspecified atom stereocenters. The molecular formula is C22H26N4. The van der Waals surface area contributed by atoms with Gasteiger partial charge in [0.05, 0.1) is 11.4 Å². The Bertz CT molecular complexity index is 929. The minimum absolute atomic E-state index is 1.00. The minimum atomic E-state index is 1.00. The summed E-state index contributed by atoms with van der Waals surface area (Å²) < 4.78 is 0. The fraction of sp³-hybridized carbons (Fsp3) is 0.364. The second-order valence-corrected chi connectivity index (χ2v) is 7.42. The van der Waals surface area contributed by atoms with Gasteiger partial charge in [-0.25, -0.2) is 4.98 Å². The molecule has 0 atom stereocenters. The molecule has 4 heteroatoms. The number of pyridine rings is 1. The maximum Gasteiger partial charge on any atom is 0.129 e. The summed E-state index contributed by atoms with van der Waals surface area (Å²) >= 11 is 0. The predicted octanol–water partition coefficient (Wildman–Crippen LogP) is 4.97. The number of rotatable bonds is 3. The third kappa shape index (κ3) is 3.00. The zero-order valence-electron chi connectivity index (χ0n) is 16.1. The van der Waals surface area contributed by atoms with Gasteiger partial charge in [0, 0.05) is 24.3 Å². The molecule has 0 spiro atoms. The molecule has 0 aliphatic carbocycles. The lowest BCUT2D eigenvalue weighted by atomic mass is 9.97. The first-order valence-corrected chi connectivity index (χ1v) is 9.39. The summed E-state index contributed by atoms with van der Waals surface area (Å²) in [5.41, 5.74) is 9.29. The second-order valence-electron chi connectivity index (χ2n) is 7.42. The molecule has 1 aliphatic rings. The molecule has 3 aromatic rings. The van der Waals surface area contributed by atoms with Crippen molar-refractivity contribution in [3.8, 4) is 22.4 Å². The first-order chi connectivity index (χ1) is 12.5. The van der Waals surface area contributed by atoms with E-state index >= 15 is 0 Å². The molecule has 26 heavy (non-hydrogen) atoms. The van der Waals surface area contributed by atoms with Crippen molar-refractivity contribution in [2.75, 3.05) is 18.0 Å². The highest BCUT2D eigenvalue weighted by Crippen LogP contribution is 2.34. The average molecular weight is 346 g/mol. The van der Waals surface area contributed by atoms with Crippen molar-refractivity contribution in [3.05, 3.63) is 52.8 Å². The van der Waals surface area contributed by atoms with Crippen LogP contribution < -0.4 is 4.90 Å². The lowest BCUT2D eigenvalue weighted by Gasteiger charge is -2.19. The molecule has 0 radical (unpaired) electrons. The Morgan fingerprint density at radius 3 is 2.42 bits per heavy atom. The van der Waals surface area contributed by atoms with Gasteiger partial charge in [0.25, 0.3) is 0 Å². The number of anilines is 1. The lowest BCUT2D eigenvalue weighted by molar-refractivity contribution is 0.939. The van der Waals surface area contributed by atoms with Gasteiger partial charge in [-0.1, -0.05) is 23.8 Å². The predicted molar refractivity (Wildman–Crippen MR) is 108 cm³/mol. The molecule has 4 rings (SSSR count). The van der Waals surface area contributed by atoms with Crippen molar-refractivity contribution in [1.82, 2.24) is 15.2 Å². The van der Waals surface area contributed by atoms with E-state index in [1.807, 2.05) is 6.92 Å². The van der Waals surface area contributed by atoms with Crippen molar-refractivity contribution in [1.29, 1.82) is 0 Å². The van der Waals surface area contributed by atoms with E-state index in [-0.39, 0.29) is 0 Å². The molecule has 4 nitrogen and oxygen atoms in total. The normalized spacial score (nSPS) is 14.2. The Balaban J connectivity index is 1.92. The minimum Gasteiger partial charge on any atom is -0.357 e. The summed E-state index contributed by atoms with van der Waals surface area (Å²) in [5.74, 6) is 1.08. The van der Waals surface area contributed by atoms with Crippen LogP contribution in [0.25, 0.3) is 22.4 Å². The fourth-order valence-corrected chi connectivity index (χ4v) is 3.88. The zero-order chi connectivity index (χ0) is 18.3. The number of hydrogen-bond acceptors (Lipinski definition) is 3. The SMILES string of the molecule is Cc1ccc(C)c(-c2cc(-c3c(C)n[nH]c3C)nc(N3CCCC3)c2)c1. The Morgan fingerprint density at radius 1 is 0.962 bits per heavy atom. The van der Waals surface area contributed by atoms with Gasteiger partial charge in [0.2, 0.25) is 0 Å². The van der Waals surface area contributed by atoms with Crippen LogP contribution in [0.1, 0.15) is 35.4 Å². The molecule has 1 fully saturated rings. The van der Waals surface area contributed by atoms with E-state index in [1.54, 1.807) is 0 Å². The maximum atomic E-state index is 5.02. The first kappa shape index (κ1) is 16.8. The van der Waals surface area contributed by atoms with Crippen LogP contribution in [0.15, 0.2) is 30.3 Å². The second kappa shape index (κ2) is 6.60. The number of aryl methyl sites for hydroxylation is 4. The molecule has 2 aromatic heterocycles. The Labute approximate surface area is 155 Å². The highest BCUT2D eigenvalue weighted by atomic mass is 15.2. The fourth-order valence-electron chi connectivity index (χ4n) is 3.88. The van der Waals surface area contributed by atoms with Gasteiger partial charge in [-0.2, -0.15) is 5.10 Å². The van der Waals surface area contributed by atoms with E-state index in [1.165, 1.54) is 35.1 Å². The number of aromatic nitrogens is 3. The third-order valence-corrected chi connectivity index (χ3v) is 5.33. The van der Waals surface area contributed by atoms with Gasteiger partial charge in [-0.15, -0.1) is 0 Å². The molecule has 0 saturated carbocycles. The van der Waals surface area contributed by atoms with E-state index in [0.29, 0.717) is 0 Å². The van der Waals surface area contributed by atoms with Crippen molar-refractivity contribution in [2.45, 2.75) is 40.5 Å². The van der Waals surface area contributed by atoms with E-state index in [2.05, 4.69) is 66.2 Å². The highest BCUT2D eigenvalue weighted by Gasteiger charge is 2.19. The number of benzene rings is 1. The van der Waals surface area contributed by atoms with Gasteiger partial charge in [0.15, 0.2) is 0 Å². The number of nitrogens with one attached hydrogen (secondary N) is 1. The van der Waals surface area contributed by atoms with E-state index < -0.39 is 0 Å². The summed E-state index contributed by atoms with van der Waals surface area (Å²) in [4.78, 5) is 7.43. The number of hydrogen-bond donors (Lipinski definition) is 1. The zero-order valence-corrected chi connectivity index (χ0v) is 16.1. The highest BCUT2D eigenvalue weighted by molar-refractivity contribution is 5.77. The van der Waals surface area contributed by atoms with Crippen LogP contribution in [0.3, 0.4) is 0 Å². The third-order valence-electron chi connectivity index (χ3n) is 5.33. The maximum absolute atomic E-state index is 5.02. The summed E-state index contributed by atoms with van der Waals surface area (Å²) in [6.45, 7) is 10.6. The van der Waals surface area contributed by atoms with Gasteiger partial charge >= 0.3 is 0 Å². The Morgan fingerprint density at radius 2 is 1.73 bits per heavy atom. The molecule has 1 aliphatic heterocycles. The van der Waals surface area contributed by atoms with Crippen LogP contribution in [-0.4, -0.2) is 28.3 Å². The summed E-state index contributed by atoms with van der Waals surface area (Å²) in [6.07, 6.45) is 2.49. The number of H-pyrrole nitrogens is 1. The first-order valence-electron chi connectivity index (χ1n) is 9.39. The summed E-state index contributed by atoms with van der Waals surface area (Å²) in [7, 11) is 0. The Hall–Kier alpha value is -2.62. The van der Waals surface area contributed by atoms with Crippen LogP contribution in [0.5, 0.6) is 0 Å². The van der Waals surface area contributed by atoms with Crippen LogP contribution in [-0.2, 0) is 0 Å². The Kier molecular flexibility index (Phi) is 4.27. The largest absolute Gasteiger partial charge is 0.357 e. The van der Waals surface area contributed by atoms with Crippen LogP contribution in [0.2, 0.25) is 0 Å². The number of nitrogens with zero attached hydrogens (tertiary/aromatic N) is 3. The van der Waals surface area contributed by atoms with Crippen LogP contribution in [0.4, 0.5) is 5.82 Å². The smallest absolute Gasteiger partial charge is 0.129 e. The quantitative estimate of drug-likeness (QED) is 0.728. The summed E-state index contributed by atoms with van der Waals surface area (Å²) in [5, 5.41) is 7.48. The monoisotopic (exact) mass is 346 g/mol. The van der Waals surface area contributed by atoms with Gasteiger partial charge < -0.3 is 4.90 Å². The average Bonchev–Trinajstić information content (AvgIpc) is 3.27. The van der Waals surface area contributed by atoms with Crippen molar-refractivity contribution in [2.24, 2.45) is 0 Å². The van der Waals surface area contributed by atoms with Crippen molar-refractivity contribution in [3.63, 3.8) is 0 Å². The van der Waals surface area contributed by atoms with Crippen LogP contribution >= 0.6 is 0 Å². The van der Waals surface area contributed by atoms with Gasteiger partial charge in [0.1, 0.15) is 5.82 Å². The molecule has 0 bridgehead atoms. The lowest BCUT2D eigenvalue weighted by Crippen LogP contribution is -2.19. The number of aromatic amines is 1. The van der Waals surface area contributed by atoms with E-state index in [4.69, 9.17) is 4.98 Å². The summed E-state index contributed by atoms with van der Waals surface area (Å²) in [6, 6.07) is 11.1. The van der Waals surface area contributed by atoms with E-state index in [9.17, 15) is 0 Å². The van der Waals surface area contributed by atoms with Crippen molar-refractivity contribution < 1.29 is 0 Å². The van der Waals surface area contributed by atoms with Gasteiger partial charge in [-0.05, 0) is 69.4 Å². The standard InChI is InChI=1S/C22H26N4/c1-14-7-8-15(2)19(11-14)18-12-20(22-16(3)24-25-17(22)4)23-21(13-18)26-9-5-6-10-26/h7-8,11-13H,5-6,9-10H2,1-4H3,(H,24,25). The molecule has 1 aromatic carbocycles. The van der Waals surface area contributed by atoms with Crippen LogP contribution in [0, 0.1) is 27.7 Å². The molecule has 134 valence electrons.